The van der Waals surface area contributed by atoms with Crippen LogP contribution >= 0.6 is 15.9 Å². The molecule has 90 valence electrons. The fourth-order valence-electron chi connectivity index (χ4n) is 1.11. The third-order valence-corrected chi connectivity index (χ3v) is 2.54. The average molecular weight is 300 g/mol. The van der Waals surface area contributed by atoms with Crippen LogP contribution in [0.4, 0.5) is 17.6 Å². The Hall–Kier alpha value is -0.620. The molecule has 0 amide bonds. The molecule has 1 aromatic rings. The maximum atomic E-state index is 13.0. The fourth-order valence-corrected chi connectivity index (χ4v) is 1.36. The lowest BCUT2D eigenvalue weighted by molar-refractivity contribution is -0.133. The fraction of sp³-hybridized carbons (Fsp3) is 0.400. The van der Waals surface area contributed by atoms with Crippen LogP contribution in [-0.2, 0) is 6.54 Å². The molecule has 0 bridgehead atoms. The van der Waals surface area contributed by atoms with Gasteiger partial charge in [0.25, 0.3) is 0 Å². The van der Waals surface area contributed by atoms with Crippen LogP contribution in [0.3, 0.4) is 0 Å². The molecule has 0 radical (unpaired) electrons. The maximum Gasteiger partial charge on any atom is 0.390 e. The Balaban J connectivity index is 2.35. The highest BCUT2D eigenvalue weighted by Crippen LogP contribution is 2.19. The summed E-state index contributed by atoms with van der Waals surface area (Å²) in [5.41, 5.74) is 0.614. The Kier molecular flexibility index (Phi) is 4.73. The second-order valence-corrected chi connectivity index (χ2v) is 4.14. The quantitative estimate of drug-likeness (QED) is 0.661. The Morgan fingerprint density at radius 3 is 2.50 bits per heavy atom. The van der Waals surface area contributed by atoms with Gasteiger partial charge in [-0.25, -0.2) is 4.39 Å². The lowest BCUT2D eigenvalue weighted by Crippen LogP contribution is -2.21. The largest absolute Gasteiger partial charge is 0.390 e. The van der Waals surface area contributed by atoms with Crippen molar-refractivity contribution < 1.29 is 17.6 Å². The van der Waals surface area contributed by atoms with Gasteiger partial charge in [-0.3, -0.25) is 0 Å². The first-order chi connectivity index (χ1) is 7.38. The summed E-state index contributed by atoms with van der Waals surface area (Å²) >= 11 is 2.99. The van der Waals surface area contributed by atoms with Crippen LogP contribution in [-0.4, -0.2) is 12.7 Å². The van der Waals surface area contributed by atoms with E-state index >= 15 is 0 Å². The molecular weight excluding hydrogens is 290 g/mol. The van der Waals surface area contributed by atoms with Crippen molar-refractivity contribution in [1.82, 2.24) is 5.32 Å². The zero-order valence-electron chi connectivity index (χ0n) is 8.24. The van der Waals surface area contributed by atoms with Crippen LogP contribution in [0, 0.1) is 5.82 Å². The van der Waals surface area contributed by atoms with Crippen molar-refractivity contribution in [1.29, 1.82) is 0 Å². The van der Waals surface area contributed by atoms with Crippen molar-refractivity contribution in [3.05, 3.63) is 34.1 Å². The minimum Gasteiger partial charge on any atom is -0.312 e. The molecule has 1 aromatic carbocycles. The van der Waals surface area contributed by atoms with Gasteiger partial charge in [-0.15, -0.1) is 0 Å². The van der Waals surface area contributed by atoms with E-state index in [1.807, 2.05) is 0 Å². The van der Waals surface area contributed by atoms with Crippen LogP contribution in [0.15, 0.2) is 22.7 Å². The van der Waals surface area contributed by atoms with E-state index in [-0.39, 0.29) is 13.1 Å². The van der Waals surface area contributed by atoms with Crippen molar-refractivity contribution >= 4 is 15.9 Å². The van der Waals surface area contributed by atoms with E-state index in [1.165, 1.54) is 12.1 Å². The van der Waals surface area contributed by atoms with Crippen LogP contribution in [0.1, 0.15) is 12.0 Å². The Labute approximate surface area is 99.0 Å². The second-order valence-electron chi connectivity index (χ2n) is 3.29. The van der Waals surface area contributed by atoms with Gasteiger partial charge in [0.15, 0.2) is 0 Å². The molecule has 0 spiro atoms. The van der Waals surface area contributed by atoms with E-state index in [9.17, 15) is 17.6 Å². The standard InChI is InChI=1S/C10H10BrF4N/c11-8-2-1-7(5-9(8)12)6-16-4-3-10(13,14)15/h1-2,5,16H,3-4,6H2. The van der Waals surface area contributed by atoms with E-state index in [1.54, 1.807) is 6.07 Å². The van der Waals surface area contributed by atoms with Gasteiger partial charge in [-0.1, -0.05) is 6.07 Å². The van der Waals surface area contributed by atoms with Crippen LogP contribution in [0.2, 0.25) is 0 Å². The van der Waals surface area contributed by atoms with Crippen LogP contribution < -0.4 is 5.32 Å². The molecule has 0 fully saturated rings. The highest BCUT2D eigenvalue weighted by molar-refractivity contribution is 9.10. The minimum atomic E-state index is -4.15. The Morgan fingerprint density at radius 2 is 1.94 bits per heavy atom. The topological polar surface area (TPSA) is 12.0 Å². The molecule has 0 unspecified atom stereocenters. The van der Waals surface area contributed by atoms with Crippen LogP contribution in [0.5, 0.6) is 0 Å². The number of hydrogen-bond acceptors (Lipinski definition) is 1. The van der Waals surface area contributed by atoms with Gasteiger partial charge in [0.1, 0.15) is 5.82 Å². The monoisotopic (exact) mass is 299 g/mol. The summed E-state index contributed by atoms with van der Waals surface area (Å²) in [6.45, 7) is 0.0570. The maximum absolute atomic E-state index is 13.0. The minimum absolute atomic E-state index is 0.165. The smallest absolute Gasteiger partial charge is 0.312 e. The van der Waals surface area contributed by atoms with Crippen molar-refractivity contribution in [2.45, 2.75) is 19.1 Å². The van der Waals surface area contributed by atoms with Gasteiger partial charge in [-0.05, 0) is 33.6 Å². The summed E-state index contributed by atoms with van der Waals surface area (Å²) in [7, 11) is 0. The van der Waals surface area contributed by atoms with Gasteiger partial charge < -0.3 is 5.32 Å². The van der Waals surface area contributed by atoms with Gasteiger partial charge in [0.2, 0.25) is 0 Å². The van der Waals surface area contributed by atoms with Gasteiger partial charge in [0.05, 0.1) is 10.9 Å². The summed E-state index contributed by atoms with van der Waals surface area (Å²) < 4.78 is 48.7. The molecule has 0 heterocycles. The zero-order valence-corrected chi connectivity index (χ0v) is 9.83. The zero-order chi connectivity index (χ0) is 12.2. The van der Waals surface area contributed by atoms with Crippen LogP contribution in [0.25, 0.3) is 0 Å². The second kappa shape index (κ2) is 5.63. The van der Waals surface area contributed by atoms with E-state index < -0.39 is 18.4 Å². The predicted molar refractivity (Wildman–Crippen MR) is 56.5 cm³/mol. The first-order valence-corrected chi connectivity index (χ1v) is 5.39. The van der Waals surface area contributed by atoms with Gasteiger partial charge in [-0.2, -0.15) is 13.2 Å². The molecule has 6 heteroatoms. The summed E-state index contributed by atoms with van der Waals surface area (Å²) in [4.78, 5) is 0. The Morgan fingerprint density at radius 1 is 1.25 bits per heavy atom. The molecule has 16 heavy (non-hydrogen) atoms. The molecule has 0 aliphatic carbocycles. The highest BCUT2D eigenvalue weighted by Gasteiger charge is 2.25. The number of halogens is 5. The molecule has 0 saturated heterocycles. The van der Waals surface area contributed by atoms with E-state index in [4.69, 9.17) is 0 Å². The number of rotatable bonds is 4. The number of alkyl halides is 3. The predicted octanol–water partition coefficient (Wildman–Crippen LogP) is 3.63. The van der Waals surface area contributed by atoms with Crippen molar-refractivity contribution in [3.63, 3.8) is 0 Å². The molecule has 0 aliphatic heterocycles. The molecule has 0 saturated carbocycles. The van der Waals surface area contributed by atoms with Crippen molar-refractivity contribution in [2.24, 2.45) is 0 Å². The normalized spacial score (nSPS) is 11.8. The first kappa shape index (κ1) is 13.4. The number of benzene rings is 1. The number of hydrogen-bond donors (Lipinski definition) is 1. The summed E-state index contributed by atoms with van der Waals surface area (Å²) in [5, 5.41) is 2.60. The first-order valence-electron chi connectivity index (χ1n) is 4.60. The summed E-state index contributed by atoms with van der Waals surface area (Å²) in [5.74, 6) is -0.421. The average Bonchev–Trinajstić information content (AvgIpc) is 2.17. The lowest BCUT2D eigenvalue weighted by Gasteiger charge is -2.08. The summed E-state index contributed by atoms with van der Waals surface area (Å²) in [6.07, 6.45) is -5.04. The Bertz CT molecular complexity index is 351. The van der Waals surface area contributed by atoms with E-state index in [0.717, 1.165) is 0 Å². The third kappa shape index (κ3) is 4.94. The molecule has 0 aromatic heterocycles. The highest BCUT2D eigenvalue weighted by atomic mass is 79.9. The summed E-state index contributed by atoms with van der Waals surface area (Å²) in [6, 6.07) is 4.45. The molecule has 1 nitrogen and oxygen atoms in total. The molecular formula is C10H10BrF4N. The van der Waals surface area contributed by atoms with Gasteiger partial charge in [0, 0.05) is 13.1 Å². The van der Waals surface area contributed by atoms with E-state index in [2.05, 4.69) is 21.2 Å². The third-order valence-electron chi connectivity index (χ3n) is 1.90. The van der Waals surface area contributed by atoms with Crippen molar-refractivity contribution in [2.75, 3.05) is 6.54 Å². The molecule has 1 rings (SSSR count). The SMILES string of the molecule is Fc1cc(CNCCC(F)(F)F)ccc1Br. The molecule has 1 N–H and O–H groups in total. The molecule has 0 aliphatic rings. The number of nitrogens with one attached hydrogen (secondary N) is 1. The molecule has 0 atom stereocenters. The lowest BCUT2D eigenvalue weighted by atomic mass is 10.2. The van der Waals surface area contributed by atoms with Gasteiger partial charge >= 0.3 is 6.18 Å². The van der Waals surface area contributed by atoms with Crippen molar-refractivity contribution in [3.8, 4) is 0 Å². The van der Waals surface area contributed by atoms with E-state index in [0.29, 0.717) is 10.0 Å².